The molecule has 2 aromatic carbocycles. The Morgan fingerprint density at radius 3 is 2.33 bits per heavy atom. The maximum absolute atomic E-state index is 9.95. The number of benzene rings is 2. The summed E-state index contributed by atoms with van der Waals surface area (Å²) in [6, 6.07) is 11.8. The Bertz CT molecular complexity index is 1340. The third-order valence-corrected chi connectivity index (χ3v) is 6.37. The Morgan fingerprint density at radius 1 is 1.00 bits per heavy atom. The predicted octanol–water partition coefficient (Wildman–Crippen LogP) is 4.92. The highest BCUT2D eigenvalue weighted by Crippen LogP contribution is 2.42. The van der Waals surface area contributed by atoms with E-state index in [1.807, 2.05) is 41.8 Å². The van der Waals surface area contributed by atoms with Gasteiger partial charge in [0, 0.05) is 17.7 Å². The van der Waals surface area contributed by atoms with Gasteiger partial charge >= 0.3 is 0 Å². The molecule has 4 rings (SSSR count). The fraction of sp³-hybridized carbons (Fsp3) is 0.280. The Morgan fingerprint density at radius 2 is 1.70 bits per heavy atom. The normalized spacial score (nSPS) is 11.8. The largest absolute Gasteiger partial charge is 0.493 e. The number of nitrogens with one attached hydrogen (secondary N) is 1. The van der Waals surface area contributed by atoms with Crippen molar-refractivity contribution in [1.82, 2.24) is 4.57 Å². The van der Waals surface area contributed by atoms with Crippen molar-refractivity contribution in [2.24, 2.45) is 0 Å². The molecule has 3 aromatic rings. The molecule has 0 saturated heterocycles. The molecule has 1 aliphatic heterocycles. The molecule has 0 fully saturated rings. The summed E-state index contributed by atoms with van der Waals surface area (Å²) in [5.41, 5.74) is 4.79. The summed E-state index contributed by atoms with van der Waals surface area (Å²) in [5.74, 6) is 2.44. The highest BCUT2D eigenvalue weighted by atomic mass is 79.9. The zero-order valence-electron chi connectivity index (χ0n) is 18.9. The lowest BCUT2D eigenvalue weighted by molar-refractivity contribution is 0.309. The second kappa shape index (κ2) is 9.20. The van der Waals surface area contributed by atoms with Crippen molar-refractivity contribution in [3.63, 3.8) is 0 Å². The summed E-state index contributed by atoms with van der Waals surface area (Å²) in [7, 11) is 4.80. The third-order valence-electron chi connectivity index (χ3n) is 5.78. The van der Waals surface area contributed by atoms with Gasteiger partial charge in [-0.1, -0.05) is 0 Å². The Balaban J connectivity index is 1.99. The van der Waals surface area contributed by atoms with Gasteiger partial charge in [0.2, 0.25) is 0 Å². The number of rotatable bonds is 6. The molecule has 1 N–H and O–H groups in total. The molecule has 170 valence electrons. The minimum Gasteiger partial charge on any atom is -0.493 e. The predicted molar refractivity (Wildman–Crippen MR) is 128 cm³/mol. The maximum Gasteiger partial charge on any atom is 0.175 e. The van der Waals surface area contributed by atoms with E-state index in [-0.39, 0.29) is 5.49 Å². The van der Waals surface area contributed by atoms with Crippen LogP contribution in [0.5, 0.6) is 23.0 Å². The Labute approximate surface area is 200 Å². The van der Waals surface area contributed by atoms with Crippen LogP contribution in [0.2, 0.25) is 0 Å². The van der Waals surface area contributed by atoms with Crippen LogP contribution in [-0.2, 0) is 13.0 Å². The number of aromatic nitrogens is 1. The van der Waals surface area contributed by atoms with Crippen LogP contribution in [0.4, 0.5) is 0 Å². The zero-order chi connectivity index (χ0) is 23.7. The van der Waals surface area contributed by atoms with Crippen LogP contribution >= 0.6 is 15.9 Å². The van der Waals surface area contributed by atoms with Crippen LogP contribution < -0.4 is 24.4 Å². The topological polar surface area (TPSA) is 89.5 Å². The van der Waals surface area contributed by atoms with Crippen LogP contribution in [0.25, 0.3) is 22.4 Å². The number of fused-ring (bicyclic) bond motifs is 3. The lowest BCUT2D eigenvalue weighted by atomic mass is 9.92. The molecule has 0 spiro atoms. The van der Waals surface area contributed by atoms with E-state index in [1.165, 1.54) is 0 Å². The van der Waals surface area contributed by atoms with Gasteiger partial charge in [-0.15, -0.1) is 0 Å². The first kappa shape index (κ1) is 22.7. The highest BCUT2D eigenvalue weighted by molar-refractivity contribution is 9.10. The fourth-order valence-electron chi connectivity index (χ4n) is 4.22. The van der Waals surface area contributed by atoms with Gasteiger partial charge in [0.15, 0.2) is 23.0 Å². The first-order valence-corrected chi connectivity index (χ1v) is 11.2. The van der Waals surface area contributed by atoms with Crippen LogP contribution in [0.15, 0.2) is 34.8 Å². The quantitative estimate of drug-likeness (QED) is 0.509. The molecule has 0 saturated carbocycles. The molecule has 0 unspecified atom stereocenters. The molecule has 0 atom stereocenters. The van der Waals surface area contributed by atoms with Gasteiger partial charge < -0.3 is 23.5 Å². The van der Waals surface area contributed by atoms with Crippen molar-refractivity contribution in [1.29, 1.82) is 10.7 Å². The number of aryl methyl sites for hydroxylation is 1. The van der Waals surface area contributed by atoms with E-state index < -0.39 is 0 Å². The van der Waals surface area contributed by atoms with Gasteiger partial charge in [-0.2, -0.15) is 5.26 Å². The molecular formula is C25H24BrN3O4. The van der Waals surface area contributed by atoms with E-state index in [1.54, 1.807) is 21.3 Å². The first-order valence-electron chi connectivity index (χ1n) is 10.5. The molecule has 8 heteroatoms. The van der Waals surface area contributed by atoms with Crippen LogP contribution in [0.1, 0.15) is 18.1 Å². The molecule has 0 aliphatic carbocycles. The van der Waals surface area contributed by atoms with Gasteiger partial charge in [0.25, 0.3) is 0 Å². The monoisotopic (exact) mass is 509 g/mol. The number of hydrogen-bond donors (Lipinski definition) is 1. The van der Waals surface area contributed by atoms with E-state index >= 15 is 0 Å². The van der Waals surface area contributed by atoms with Crippen molar-refractivity contribution in [2.45, 2.75) is 19.9 Å². The summed E-state index contributed by atoms with van der Waals surface area (Å²) in [4.78, 5) is 0. The average molecular weight is 510 g/mol. The van der Waals surface area contributed by atoms with Crippen molar-refractivity contribution >= 4 is 15.9 Å². The van der Waals surface area contributed by atoms with Crippen LogP contribution in [0.3, 0.4) is 0 Å². The molecule has 33 heavy (non-hydrogen) atoms. The number of methoxy groups -OCH3 is 3. The number of nitriles is 1. The molecule has 0 amide bonds. The van der Waals surface area contributed by atoms with Gasteiger partial charge in [0.05, 0.1) is 38.1 Å². The molecule has 2 heterocycles. The third kappa shape index (κ3) is 3.83. The number of halogens is 1. The van der Waals surface area contributed by atoms with E-state index in [0.29, 0.717) is 51.7 Å². The van der Waals surface area contributed by atoms with Gasteiger partial charge in [-0.25, -0.2) is 0 Å². The Hall–Kier alpha value is -3.44. The minimum absolute atomic E-state index is 0.175. The molecule has 0 radical (unpaired) electrons. The van der Waals surface area contributed by atoms with Gasteiger partial charge in [-0.3, -0.25) is 5.41 Å². The standard InChI is InChI=1S/C25H24BrN3O4/c1-5-33-24-19(26)8-15(10-23(24)32-4)16-11-20-17-12-22(31-3)21(30-2)9-14(17)6-7-29(20)25(28)18(16)13-27/h8-12,28H,5-7H2,1-4H3. The van der Waals surface area contributed by atoms with E-state index in [4.69, 9.17) is 24.4 Å². The number of hydrogen-bond acceptors (Lipinski definition) is 6. The summed E-state index contributed by atoms with van der Waals surface area (Å²) in [5, 5.41) is 18.8. The molecular weight excluding hydrogens is 486 g/mol. The fourth-order valence-corrected chi connectivity index (χ4v) is 4.78. The van der Waals surface area contributed by atoms with Gasteiger partial charge in [0.1, 0.15) is 17.1 Å². The summed E-state index contributed by atoms with van der Waals surface area (Å²) in [6.07, 6.45) is 0.728. The lowest BCUT2D eigenvalue weighted by Crippen LogP contribution is -2.28. The smallest absolute Gasteiger partial charge is 0.175 e. The molecule has 7 nitrogen and oxygen atoms in total. The van der Waals surface area contributed by atoms with Crippen LogP contribution in [-0.4, -0.2) is 32.5 Å². The minimum atomic E-state index is 0.175. The highest BCUT2D eigenvalue weighted by Gasteiger charge is 2.24. The van der Waals surface area contributed by atoms with E-state index in [2.05, 4.69) is 22.0 Å². The summed E-state index contributed by atoms with van der Waals surface area (Å²) in [6.45, 7) is 3.00. The SMILES string of the molecule is CCOc1c(Br)cc(-c2cc3n(c(=N)c2C#N)CCc2cc(OC)c(OC)cc2-3)cc1OC. The molecule has 0 bridgehead atoms. The second-order valence-corrected chi connectivity index (χ2v) is 8.32. The average Bonchev–Trinajstić information content (AvgIpc) is 2.83. The van der Waals surface area contributed by atoms with Crippen molar-refractivity contribution in [2.75, 3.05) is 27.9 Å². The second-order valence-electron chi connectivity index (χ2n) is 7.47. The molecule has 1 aliphatic rings. The van der Waals surface area contributed by atoms with Crippen molar-refractivity contribution in [3.8, 4) is 51.5 Å². The number of pyridine rings is 1. The van der Waals surface area contributed by atoms with E-state index in [0.717, 1.165) is 28.8 Å². The van der Waals surface area contributed by atoms with Gasteiger partial charge in [-0.05, 0) is 70.7 Å². The first-order chi connectivity index (χ1) is 16.0. The maximum atomic E-state index is 9.95. The summed E-state index contributed by atoms with van der Waals surface area (Å²) < 4.78 is 24.8. The number of ether oxygens (including phenoxy) is 4. The number of nitrogens with zero attached hydrogens (tertiary/aromatic N) is 2. The summed E-state index contributed by atoms with van der Waals surface area (Å²) >= 11 is 3.57. The lowest BCUT2D eigenvalue weighted by Gasteiger charge is -2.25. The van der Waals surface area contributed by atoms with Crippen LogP contribution in [0, 0.1) is 16.7 Å². The zero-order valence-corrected chi connectivity index (χ0v) is 20.5. The van der Waals surface area contributed by atoms with E-state index in [9.17, 15) is 5.26 Å². The molecule has 1 aromatic heterocycles. The Kier molecular flexibility index (Phi) is 6.34. The van der Waals surface area contributed by atoms with Crippen molar-refractivity contribution in [3.05, 3.63) is 51.4 Å². The van der Waals surface area contributed by atoms with Crippen molar-refractivity contribution < 1.29 is 18.9 Å².